The average Bonchev–Trinajstić information content (AvgIpc) is 2.86. The van der Waals surface area contributed by atoms with Crippen LogP contribution in [0, 0.1) is 6.92 Å². The molecule has 2 fully saturated rings. The van der Waals surface area contributed by atoms with Crippen molar-refractivity contribution in [2.24, 2.45) is 0 Å². The van der Waals surface area contributed by atoms with Gasteiger partial charge >= 0.3 is 0 Å². The Balaban J connectivity index is 1.58. The fourth-order valence-electron chi connectivity index (χ4n) is 4.77. The minimum Gasteiger partial charge on any atom is -0.496 e. The van der Waals surface area contributed by atoms with Gasteiger partial charge in [-0.3, -0.25) is 4.90 Å². The van der Waals surface area contributed by atoms with E-state index in [2.05, 4.69) is 54.3 Å². The van der Waals surface area contributed by atoms with Crippen molar-refractivity contribution in [3.05, 3.63) is 65.2 Å². The van der Waals surface area contributed by atoms with Gasteiger partial charge in [0, 0.05) is 24.2 Å². The molecule has 2 aromatic carbocycles. The van der Waals surface area contributed by atoms with Crippen molar-refractivity contribution >= 4 is 0 Å². The van der Waals surface area contributed by atoms with Crippen LogP contribution < -0.4 is 4.74 Å². The molecule has 0 amide bonds. The number of hydrogen-bond acceptors (Lipinski definition) is 3. The van der Waals surface area contributed by atoms with Crippen molar-refractivity contribution in [2.75, 3.05) is 7.11 Å². The molecular weight excluding hydrogens is 310 g/mol. The van der Waals surface area contributed by atoms with Crippen molar-refractivity contribution in [1.82, 2.24) is 4.90 Å². The third-order valence-electron chi connectivity index (χ3n) is 5.98. The topological polar surface area (TPSA) is 32.7 Å². The molecule has 25 heavy (non-hydrogen) atoms. The second kappa shape index (κ2) is 6.47. The summed E-state index contributed by atoms with van der Waals surface area (Å²) >= 11 is 0. The van der Waals surface area contributed by atoms with E-state index in [0.717, 1.165) is 36.3 Å². The van der Waals surface area contributed by atoms with Crippen molar-refractivity contribution in [1.29, 1.82) is 0 Å². The van der Waals surface area contributed by atoms with E-state index in [4.69, 9.17) is 4.74 Å². The van der Waals surface area contributed by atoms with E-state index in [-0.39, 0.29) is 0 Å². The largest absolute Gasteiger partial charge is 0.496 e. The monoisotopic (exact) mass is 337 g/mol. The second-order valence-corrected chi connectivity index (χ2v) is 7.69. The van der Waals surface area contributed by atoms with E-state index in [9.17, 15) is 5.11 Å². The molecule has 2 atom stereocenters. The van der Waals surface area contributed by atoms with Gasteiger partial charge < -0.3 is 9.84 Å². The highest BCUT2D eigenvalue weighted by molar-refractivity contribution is 5.42. The SMILES string of the molecule is COc1cc(C)ccc1C1(O)CC2CCC(C1)N2Cc1ccccc1. The van der Waals surface area contributed by atoms with E-state index in [1.807, 2.05) is 6.07 Å². The zero-order valence-electron chi connectivity index (χ0n) is 15.1. The lowest BCUT2D eigenvalue weighted by Crippen LogP contribution is -2.49. The molecule has 132 valence electrons. The average molecular weight is 337 g/mol. The van der Waals surface area contributed by atoms with E-state index < -0.39 is 5.60 Å². The number of rotatable bonds is 4. The Morgan fingerprint density at radius 2 is 1.76 bits per heavy atom. The Kier molecular flexibility index (Phi) is 4.30. The smallest absolute Gasteiger partial charge is 0.125 e. The van der Waals surface area contributed by atoms with Crippen LogP contribution in [0.3, 0.4) is 0 Å². The Morgan fingerprint density at radius 3 is 2.40 bits per heavy atom. The number of methoxy groups -OCH3 is 1. The molecule has 2 aliphatic heterocycles. The lowest BCUT2D eigenvalue weighted by molar-refractivity contribution is -0.0606. The third kappa shape index (κ3) is 3.07. The Bertz CT molecular complexity index is 729. The molecule has 3 heteroatoms. The minimum atomic E-state index is -0.780. The zero-order valence-corrected chi connectivity index (χ0v) is 15.1. The van der Waals surface area contributed by atoms with Crippen LogP contribution in [0.5, 0.6) is 5.75 Å². The van der Waals surface area contributed by atoms with Crippen molar-refractivity contribution in [2.45, 2.75) is 56.8 Å². The van der Waals surface area contributed by atoms with Crippen LogP contribution in [0.1, 0.15) is 42.4 Å². The number of ether oxygens (including phenoxy) is 1. The van der Waals surface area contributed by atoms with Gasteiger partial charge in [0.05, 0.1) is 12.7 Å². The highest BCUT2D eigenvalue weighted by atomic mass is 16.5. The van der Waals surface area contributed by atoms with Crippen LogP contribution >= 0.6 is 0 Å². The van der Waals surface area contributed by atoms with E-state index in [1.165, 1.54) is 18.4 Å². The second-order valence-electron chi connectivity index (χ2n) is 7.69. The van der Waals surface area contributed by atoms with Gasteiger partial charge in [0.25, 0.3) is 0 Å². The molecule has 0 spiro atoms. The number of fused-ring (bicyclic) bond motifs is 2. The summed E-state index contributed by atoms with van der Waals surface area (Å²) in [5.41, 5.74) is 2.70. The summed E-state index contributed by atoms with van der Waals surface area (Å²) in [7, 11) is 1.70. The molecule has 2 unspecified atom stereocenters. The summed E-state index contributed by atoms with van der Waals surface area (Å²) in [6.07, 6.45) is 3.92. The first-order chi connectivity index (χ1) is 12.1. The highest BCUT2D eigenvalue weighted by Gasteiger charge is 2.49. The standard InChI is InChI=1S/C22H27NO2/c1-16-8-11-20(21(12-16)25-2)22(24)13-18-9-10-19(14-22)23(18)15-17-6-4-3-5-7-17/h3-8,11-12,18-19,24H,9-10,13-15H2,1-2H3. The van der Waals surface area contributed by atoms with Gasteiger partial charge in [-0.2, -0.15) is 0 Å². The fraction of sp³-hybridized carbons (Fsp3) is 0.455. The zero-order chi connectivity index (χ0) is 17.4. The molecule has 1 N–H and O–H groups in total. The molecule has 2 heterocycles. The van der Waals surface area contributed by atoms with Crippen LogP contribution in [-0.2, 0) is 12.1 Å². The van der Waals surface area contributed by atoms with Crippen molar-refractivity contribution < 1.29 is 9.84 Å². The molecule has 0 radical (unpaired) electrons. The first-order valence-corrected chi connectivity index (χ1v) is 9.26. The van der Waals surface area contributed by atoms with Crippen LogP contribution in [0.15, 0.2) is 48.5 Å². The van der Waals surface area contributed by atoms with Crippen LogP contribution in [0.4, 0.5) is 0 Å². The molecule has 2 bridgehead atoms. The van der Waals surface area contributed by atoms with Crippen LogP contribution in [0.2, 0.25) is 0 Å². The summed E-state index contributed by atoms with van der Waals surface area (Å²) in [5, 5.41) is 11.5. The maximum atomic E-state index is 11.5. The summed E-state index contributed by atoms with van der Waals surface area (Å²) < 4.78 is 5.58. The van der Waals surface area contributed by atoms with Gasteiger partial charge in [-0.15, -0.1) is 0 Å². The molecule has 0 saturated carbocycles. The Morgan fingerprint density at radius 1 is 1.08 bits per heavy atom. The molecule has 2 aliphatic rings. The van der Waals surface area contributed by atoms with Gasteiger partial charge in [-0.05, 0) is 49.8 Å². The number of aryl methyl sites for hydroxylation is 1. The molecule has 2 saturated heterocycles. The quantitative estimate of drug-likeness (QED) is 0.915. The van der Waals surface area contributed by atoms with E-state index in [1.54, 1.807) is 7.11 Å². The maximum Gasteiger partial charge on any atom is 0.125 e. The van der Waals surface area contributed by atoms with Gasteiger partial charge in [0.15, 0.2) is 0 Å². The molecule has 0 aliphatic carbocycles. The predicted molar refractivity (Wildman–Crippen MR) is 99.7 cm³/mol. The summed E-state index contributed by atoms with van der Waals surface area (Å²) in [6.45, 7) is 3.04. The summed E-state index contributed by atoms with van der Waals surface area (Å²) in [6, 6.07) is 17.7. The normalized spacial score (nSPS) is 28.9. The molecule has 0 aromatic heterocycles. The Hall–Kier alpha value is -1.84. The number of piperidine rings is 1. The maximum absolute atomic E-state index is 11.5. The first kappa shape index (κ1) is 16.6. The molecule has 3 nitrogen and oxygen atoms in total. The van der Waals surface area contributed by atoms with Gasteiger partial charge in [-0.1, -0.05) is 42.5 Å². The van der Waals surface area contributed by atoms with Crippen LogP contribution in [-0.4, -0.2) is 29.2 Å². The number of hydrogen-bond donors (Lipinski definition) is 1. The Labute approximate surface area is 150 Å². The number of aliphatic hydroxyl groups is 1. The lowest BCUT2D eigenvalue weighted by atomic mass is 9.79. The highest BCUT2D eigenvalue weighted by Crippen LogP contribution is 2.48. The van der Waals surface area contributed by atoms with E-state index >= 15 is 0 Å². The lowest BCUT2D eigenvalue weighted by Gasteiger charge is -2.44. The first-order valence-electron chi connectivity index (χ1n) is 9.26. The van der Waals surface area contributed by atoms with Crippen molar-refractivity contribution in [3.8, 4) is 5.75 Å². The van der Waals surface area contributed by atoms with Crippen molar-refractivity contribution in [3.63, 3.8) is 0 Å². The van der Waals surface area contributed by atoms with E-state index in [0.29, 0.717) is 12.1 Å². The summed E-state index contributed by atoms with van der Waals surface area (Å²) in [4.78, 5) is 2.60. The molecule has 2 aromatic rings. The molecule has 4 rings (SSSR count). The number of benzene rings is 2. The predicted octanol–water partition coefficient (Wildman–Crippen LogP) is 4.02. The van der Waals surface area contributed by atoms with Gasteiger partial charge in [-0.25, -0.2) is 0 Å². The number of nitrogens with zero attached hydrogens (tertiary/aromatic N) is 1. The van der Waals surface area contributed by atoms with Crippen LogP contribution in [0.25, 0.3) is 0 Å². The third-order valence-corrected chi connectivity index (χ3v) is 5.98. The van der Waals surface area contributed by atoms with Gasteiger partial charge in [0.1, 0.15) is 5.75 Å². The fourth-order valence-corrected chi connectivity index (χ4v) is 4.77. The minimum absolute atomic E-state index is 0.440. The molecular formula is C22H27NO2. The van der Waals surface area contributed by atoms with Gasteiger partial charge in [0.2, 0.25) is 0 Å². The summed E-state index contributed by atoms with van der Waals surface area (Å²) in [5.74, 6) is 0.818.